The fourth-order valence-electron chi connectivity index (χ4n) is 0.262. The third-order valence-electron chi connectivity index (χ3n) is 0.614. The molecule has 0 saturated carbocycles. The molecule has 0 aromatic carbocycles. The molecular formula is C5H8O2Zn. The van der Waals surface area contributed by atoms with Crippen molar-refractivity contribution >= 4 is 12.1 Å². The first-order valence-corrected chi connectivity index (χ1v) is 2.20. The smallest absolute Gasteiger partial charge is 0.130 e. The molecule has 2 nitrogen and oxygen atoms in total. The van der Waals surface area contributed by atoms with Crippen LogP contribution in [0.3, 0.4) is 0 Å². The van der Waals surface area contributed by atoms with Gasteiger partial charge in [0.2, 0.25) is 0 Å². The summed E-state index contributed by atoms with van der Waals surface area (Å²) in [6.45, 7) is 1.48. The molecule has 0 radical (unpaired) electrons. The number of hydrogen-bond donors (Lipinski definition) is 0. The van der Waals surface area contributed by atoms with Crippen LogP contribution in [-0.2, 0) is 29.1 Å². The number of aldehydes is 1. The normalized spacial score (nSPS) is 7.12. The summed E-state index contributed by atoms with van der Waals surface area (Å²) in [6.07, 6.45) is 1.51. The van der Waals surface area contributed by atoms with E-state index in [0.717, 1.165) is 6.29 Å². The van der Waals surface area contributed by atoms with Crippen LogP contribution >= 0.6 is 0 Å². The summed E-state index contributed by atoms with van der Waals surface area (Å²) < 4.78 is 0. The van der Waals surface area contributed by atoms with Crippen molar-refractivity contribution in [1.29, 1.82) is 0 Å². The molecule has 0 aliphatic heterocycles. The van der Waals surface area contributed by atoms with Crippen LogP contribution in [0.4, 0.5) is 0 Å². The summed E-state index contributed by atoms with van der Waals surface area (Å²) in [5.74, 6) is 0.0760. The van der Waals surface area contributed by atoms with Gasteiger partial charge in [-0.15, -0.1) is 0 Å². The maximum Gasteiger partial charge on any atom is 0.130 e. The fraction of sp³-hybridized carbons (Fsp3) is 0.600. The van der Waals surface area contributed by atoms with E-state index in [4.69, 9.17) is 0 Å². The molecule has 8 heavy (non-hydrogen) atoms. The minimum atomic E-state index is 0. The molecule has 42 valence electrons. The summed E-state index contributed by atoms with van der Waals surface area (Å²) in [4.78, 5) is 19.6. The number of carbonyl (C=O) groups excluding carboxylic acids is 2. The average molecular weight is 166 g/mol. The van der Waals surface area contributed by atoms with Crippen LogP contribution in [-0.4, -0.2) is 12.1 Å². The van der Waals surface area contributed by atoms with E-state index in [-0.39, 0.29) is 25.3 Å². The molecule has 0 rings (SSSR count). The van der Waals surface area contributed by atoms with Crippen molar-refractivity contribution < 1.29 is 29.1 Å². The Balaban J connectivity index is 0. The van der Waals surface area contributed by atoms with E-state index in [1.54, 1.807) is 0 Å². The first kappa shape index (κ1) is 10.9. The third kappa shape index (κ3) is 9.35. The SMILES string of the molecule is CC(=O)CCC=O.[Zn]. The summed E-state index contributed by atoms with van der Waals surface area (Å²) in [6, 6.07) is 0. The van der Waals surface area contributed by atoms with E-state index in [0.29, 0.717) is 12.8 Å². The molecule has 0 aromatic heterocycles. The van der Waals surface area contributed by atoms with Gasteiger partial charge in [0.1, 0.15) is 12.1 Å². The molecule has 0 spiro atoms. The maximum absolute atomic E-state index is 10.0. The Labute approximate surface area is 61.4 Å². The van der Waals surface area contributed by atoms with Gasteiger partial charge in [-0.2, -0.15) is 0 Å². The molecule has 0 unspecified atom stereocenters. The van der Waals surface area contributed by atoms with Crippen molar-refractivity contribution in [1.82, 2.24) is 0 Å². The number of hydrogen-bond acceptors (Lipinski definition) is 2. The molecule has 0 N–H and O–H groups in total. The van der Waals surface area contributed by atoms with Crippen LogP contribution in [0, 0.1) is 0 Å². The number of ketones is 1. The van der Waals surface area contributed by atoms with Gasteiger partial charge in [0.15, 0.2) is 0 Å². The van der Waals surface area contributed by atoms with Crippen molar-refractivity contribution in [3.05, 3.63) is 0 Å². The van der Waals surface area contributed by atoms with Gasteiger partial charge in [-0.25, -0.2) is 0 Å². The molecule has 0 aromatic rings. The molecular weight excluding hydrogens is 157 g/mol. The molecule has 0 fully saturated rings. The van der Waals surface area contributed by atoms with Crippen LogP contribution < -0.4 is 0 Å². The second-order valence-electron chi connectivity index (χ2n) is 1.41. The zero-order valence-corrected chi connectivity index (χ0v) is 7.98. The monoisotopic (exact) mass is 164 g/mol. The van der Waals surface area contributed by atoms with Crippen molar-refractivity contribution in [3.8, 4) is 0 Å². The van der Waals surface area contributed by atoms with Crippen molar-refractivity contribution in [3.63, 3.8) is 0 Å². The van der Waals surface area contributed by atoms with Crippen molar-refractivity contribution in [2.45, 2.75) is 19.8 Å². The first-order valence-electron chi connectivity index (χ1n) is 2.20. The quantitative estimate of drug-likeness (QED) is 0.452. The topological polar surface area (TPSA) is 34.1 Å². The van der Waals surface area contributed by atoms with Gasteiger partial charge in [-0.05, 0) is 6.92 Å². The van der Waals surface area contributed by atoms with Crippen LogP contribution in [0.1, 0.15) is 19.8 Å². The Morgan fingerprint density at radius 3 is 2.25 bits per heavy atom. The van der Waals surface area contributed by atoms with E-state index >= 15 is 0 Å². The summed E-state index contributed by atoms with van der Waals surface area (Å²) in [7, 11) is 0. The van der Waals surface area contributed by atoms with Gasteiger partial charge in [0.25, 0.3) is 0 Å². The second-order valence-corrected chi connectivity index (χ2v) is 1.41. The summed E-state index contributed by atoms with van der Waals surface area (Å²) in [5, 5.41) is 0. The van der Waals surface area contributed by atoms with Gasteiger partial charge in [-0.3, -0.25) is 0 Å². The predicted molar refractivity (Wildman–Crippen MR) is 26.0 cm³/mol. The van der Waals surface area contributed by atoms with Crippen LogP contribution in [0.2, 0.25) is 0 Å². The largest absolute Gasteiger partial charge is 0.303 e. The van der Waals surface area contributed by atoms with Gasteiger partial charge in [0.05, 0.1) is 0 Å². The number of rotatable bonds is 3. The summed E-state index contributed by atoms with van der Waals surface area (Å²) in [5.41, 5.74) is 0. The molecule has 0 aliphatic rings. The minimum absolute atomic E-state index is 0. The summed E-state index contributed by atoms with van der Waals surface area (Å²) >= 11 is 0. The zero-order valence-electron chi connectivity index (χ0n) is 5.02. The maximum atomic E-state index is 10.0. The number of Topliss-reactive ketones (excluding diaryl/α,β-unsaturated/α-hetero) is 1. The Bertz CT molecular complexity index is 80.5. The molecule has 0 atom stereocenters. The van der Waals surface area contributed by atoms with E-state index in [1.807, 2.05) is 0 Å². The zero-order chi connectivity index (χ0) is 5.70. The molecule has 0 amide bonds. The van der Waals surface area contributed by atoms with E-state index < -0.39 is 0 Å². The van der Waals surface area contributed by atoms with Gasteiger partial charge >= 0.3 is 0 Å². The predicted octanol–water partition coefficient (Wildman–Crippen LogP) is 0.552. The van der Waals surface area contributed by atoms with Crippen LogP contribution in [0.15, 0.2) is 0 Å². The first-order chi connectivity index (χ1) is 3.27. The minimum Gasteiger partial charge on any atom is -0.303 e. The molecule has 0 saturated heterocycles. The van der Waals surface area contributed by atoms with Crippen LogP contribution in [0.25, 0.3) is 0 Å². The Morgan fingerprint density at radius 1 is 1.62 bits per heavy atom. The molecule has 0 heterocycles. The van der Waals surface area contributed by atoms with E-state index in [9.17, 15) is 9.59 Å². The third-order valence-corrected chi connectivity index (χ3v) is 0.614. The van der Waals surface area contributed by atoms with E-state index in [1.165, 1.54) is 6.92 Å². The van der Waals surface area contributed by atoms with Crippen molar-refractivity contribution in [2.24, 2.45) is 0 Å². The van der Waals surface area contributed by atoms with Crippen LogP contribution in [0.5, 0.6) is 0 Å². The van der Waals surface area contributed by atoms with Crippen molar-refractivity contribution in [2.75, 3.05) is 0 Å². The van der Waals surface area contributed by atoms with Gasteiger partial charge in [0, 0.05) is 32.3 Å². The second kappa shape index (κ2) is 6.96. The Hall–Kier alpha value is -0.0366. The number of carbonyl (C=O) groups is 2. The fourth-order valence-corrected chi connectivity index (χ4v) is 0.262. The molecule has 0 aliphatic carbocycles. The standard InChI is InChI=1S/C5H8O2.Zn/c1-5(7)3-2-4-6;/h4H,2-3H2,1H3;. The Kier molecular flexibility index (Phi) is 9.45. The molecule has 0 bridgehead atoms. The van der Waals surface area contributed by atoms with E-state index in [2.05, 4.69) is 0 Å². The van der Waals surface area contributed by atoms with Gasteiger partial charge < -0.3 is 9.59 Å². The Morgan fingerprint density at radius 2 is 2.12 bits per heavy atom. The molecule has 3 heteroatoms. The van der Waals surface area contributed by atoms with Gasteiger partial charge in [-0.1, -0.05) is 0 Å². The average Bonchev–Trinajstić information content (AvgIpc) is 1.61.